The number of carbonyl (C=O) groups is 2. The minimum Gasteiger partial charge on any atom is -0.292 e. The van der Waals surface area contributed by atoms with Crippen molar-refractivity contribution in [3.05, 3.63) is 41.5 Å². The highest BCUT2D eigenvalue weighted by Crippen LogP contribution is 2.26. The highest BCUT2D eigenvalue weighted by Gasteiger charge is 2.26. The molecule has 1 aliphatic heterocycles. The van der Waals surface area contributed by atoms with E-state index in [1.54, 1.807) is 0 Å². The van der Waals surface area contributed by atoms with Gasteiger partial charge in [-0.2, -0.15) is 0 Å². The fourth-order valence-corrected chi connectivity index (χ4v) is 1.96. The van der Waals surface area contributed by atoms with E-state index in [1.807, 2.05) is 37.3 Å². The van der Waals surface area contributed by atoms with Gasteiger partial charge in [-0.25, -0.2) is 0 Å². The predicted octanol–water partition coefficient (Wildman–Crippen LogP) is 1.90. The standard InChI is InChI=1S/C13H13NO2/c1-2-10(9-6-4-3-5-7-9)11-8-12(15)14-13(11)16/h3-7H,2,8H2,1H3,(H,14,15,16)/b11-10-. The van der Waals surface area contributed by atoms with Gasteiger partial charge in [0.25, 0.3) is 5.91 Å². The Balaban J connectivity index is 2.47. The molecule has 0 unspecified atom stereocenters. The van der Waals surface area contributed by atoms with E-state index in [2.05, 4.69) is 5.32 Å². The van der Waals surface area contributed by atoms with Crippen LogP contribution in [-0.2, 0) is 9.59 Å². The van der Waals surface area contributed by atoms with Gasteiger partial charge in [0.1, 0.15) is 0 Å². The maximum Gasteiger partial charge on any atom is 0.254 e. The fraction of sp³-hybridized carbons (Fsp3) is 0.231. The van der Waals surface area contributed by atoms with Crippen LogP contribution >= 0.6 is 0 Å². The van der Waals surface area contributed by atoms with Crippen LogP contribution in [0, 0.1) is 0 Å². The molecule has 0 bridgehead atoms. The van der Waals surface area contributed by atoms with Crippen LogP contribution in [0.3, 0.4) is 0 Å². The van der Waals surface area contributed by atoms with Gasteiger partial charge in [-0.05, 0) is 17.6 Å². The van der Waals surface area contributed by atoms with Crippen LogP contribution in [0.15, 0.2) is 35.9 Å². The third-order valence-corrected chi connectivity index (χ3v) is 2.70. The Hall–Kier alpha value is -1.90. The molecule has 2 amide bonds. The molecule has 1 N–H and O–H groups in total. The lowest BCUT2D eigenvalue weighted by molar-refractivity contribution is -0.124. The molecule has 1 aliphatic rings. The molecule has 82 valence electrons. The molecule has 1 fully saturated rings. The minimum atomic E-state index is -0.245. The number of hydrogen-bond donors (Lipinski definition) is 1. The Bertz CT molecular complexity index is 460. The van der Waals surface area contributed by atoms with Crippen LogP contribution in [0.25, 0.3) is 5.57 Å². The number of hydrogen-bond acceptors (Lipinski definition) is 2. The first kappa shape index (κ1) is 10.6. The summed E-state index contributed by atoms with van der Waals surface area (Å²) in [6.07, 6.45) is 0.955. The van der Waals surface area contributed by atoms with Crippen LogP contribution in [0.2, 0.25) is 0 Å². The molecule has 2 rings (SSSR count). The van der Waals surface area contributed by atoms with Gasteiger partial charge in [-0.3, -0.25) is 14.9 Å². The zero-order valence-corrected chi connectivity index (χ0v) is 9.12. The van der Waals surface area contributed by atoms with Gasteiger partial charge < -0.3 is 0 Å². The Morgan fingerprint density at radius 2 is 1.94 bits per heavy atom. The molecule has 0 spiro atoms. The Labute approximate surface area is 94.2 Å². The van der Waals surface area contributed by atoms with E-state index in [4.69, 9.17) is 0 Å². The largest absolute Gasteiger partial charge is 0.292 e. The van der Waals surface area contributed by atoms with Crippen LogP contribution in [0.1, 0.15) is 25.3 Å². The summed E-state index contributed by atoms with van der Waals surface area (Å²) < 4.78 is 0. The van der Waals surface area contributed by atoms with E-state index >= 15 is 0 Å². The lowest BCUT2D eigenvalue weighted by Gasteiger charge is -2.07. The van der Waals surface area contributed by atoms with Crippen LogP contribution < -0.4 is 5.32 Å². The van der Waals surface area contributed by atoms with Crippen molar-refractivity contribution in [2.75, 3.05) is 0 Å². The molecular weight excluding hydrogens is 202 g/mol. The van der Waals surface area contributed by atoms with E-state index < -0.39 is 0 Å². The molecule has 0 aromatic heterocycles. The van der Waals surface area contributed by atoms with Gasteiger partial charge in [0.15, 0.2) is 0 Å². The average Bonchev–Trinajstić information content (AvgIpc) is 2.61. The van der Waals surface area contributed by atoms with E-state index in [0.717, 1.165) is 17.6 Å². The number of benzene rings is 1. The van der Waals surface area contributed by atoms with Crippen molar-refractivity contribution >= 4 is 17.4 Å². The number of nitrogens with one attached hydrogen (secondary N) is 1. The van der Waals surface area contributed by atoms with E-state index in [9.17, 15) is 9.59 Å². The number of amides is 2. The van der Waals surface area contributed by atoms with E-state index in [1.165, 1.54) is 0 Å². The lowest BCUT2D eigenvalue weighted by atomic mass is 9.97. The molecule has 0 aliphatic carbocycles. The third-order valence-electron chi connectivity index (χ3n) is 2.70. The first-order valence-electron chi connectivity index (χ1n) is 5.34. The molecule has 1 heterocycles. The van der Waals surface area contributed by atoms with Crippen molar-refractivity contribution in [1.29, 1.82) is 0 Å². The second-order valence-corrected chi connectivity index (χ2v) is 3.73. The van der Waals surface area contributed by atoms with Crippen molar-refractivity contribution in [3.63, 3.8) is 0 Å². The summed E-state index contributed by atoms with van der Waals surface area (Å²) in [7, 11) is 0. The Kier molecular flexibility index (Phi) is 2.86. The molecule has 0 atom stereocenters. The molecule has 1 saturated heterocycles. The van der Waals surface area contributed by atoms with Gasteiger partial charge in [-0.1, -0.05) is 37.3 Å². The minimum absolute atomic E-state index is 0.205. The number of rotatable bonds is 2. The topological polar surface area (TPSA) is 46.2 Å². The lowest BCUT2D eigenvalue weighted by Crippen LogP contribution is -2.19. The van der Waals surface area contributed by atoms with E-state index in [0.29, 0.717) is 5.57 Å². The summed E-state index contributed by atoms with van der Waals surface area (Å²) in [6, 6.07) is 9.71. The summed E-state index contributed by atoms with van der Waals surface area (Å²) in [4.78, 5) is 22.7. The van der Waals surface area contributed by atoms with Crippen molar-refractivity contribution in [2.24, 2.45) is 0 Å². The van der Waals surface area contributed by atoms with Crippen LogP contribution in [0.4, 0.5) is 0 Å². The molecular formula is C13H13NO2. The summed E-state index contributed by atoms with van der Waals surface area (Å²) in [6.45, 7) is 1.99. The molecule has 3 nitrogen and oxygen atoms in total. The SMILES string of the molecule is CC/C(=C1\CC(=O)NC1=O)c1ccccc1. The molecule has 0 radical (unpaired) electrons. The van der Waals surface area contributed by atoms with Crippen molar-refractivity contribution in [2.45, 2.75) is 19.8 Å². The molecule has 16 heavy (non-hydrogen) atoms. The van der Waals surface area contributed by atoms with Crippen molar-refractivity contribution < 1.29 is 9.59 Å². The predicted molar refractivity (Wildman–Crippen MR) is 61.4 cm³/mol. The zero-order chi connectivity index (χ0) is 11.5. The monoisotopic (exact) mass is 215 g/mol. The fourth-order valence-electron chi connectivity index (χ4n) is 1.96. The average molecular weight is 215 g/mol. The maximum atomic E-state index is 11.6. The zero-order valence-electron chi connectivity index (χ0n) is 9.12. The van der Waals surface area contributed by atoms with Crippen LogP contribution in [-0.4, -0.2) is 11.8 Å². The smallest absolute Gasteiger partial charge is 0.254 e. The van der Waals surface area contributed by atoms with Gasteiger partial charge >= 0.3 is 0 Å². The summed E-state index contributed by atoms with van der Waals surface area (Å²) in [5.41, 5.74) is 2.59. The quantitative estimate of drug-likeness (QED) is 0.605. The number of imide groups is 1. The summed E-state index contributed by atoms with van der Waals surface area (Å²) in [5, 5.41) is 2.32. The van der Waals surface area contributed by atoms with Gasteiger partial charge in [0.05, 0.1) is 6.42 Å². The third kappa shape index (κ3) is 1.89. The van der Waals surface area contributed by atoms with Gasteiger partial charge in [-0.15, -0.1) is 0 Å². The van der Waals surface area contributed by atoms with Crippen molar-refractivity contribution in [3.8, 4) is 0 Å². The summed E-state index contributed by atoms with van der Waals surface area (Å²) in [5.74, 6) is -0.451. The second kappa shape index (κ2) is 4.31. The van der Waals surface area contributed by atoms with Crippen molar-refractivity contribution in [1.82, 2.24) is 5.32 Å². The van der Waals surface area contributed by atoms with E-state index in [-0.39, 0.29) is 18.2 Å². The highest BCUT2D eigenvalue weighted by molar-refractivity contribution is 6.17. The highest BCUT2D eigenvalue weighted by atomic mass is 16.2. The second-order valence-electron chi connectivity index (χ2n) is 3.73. The number of allylic oxidation sites excluding steroid dienone is 1. The normalized spacial score (nSPS) is 18.6. The molecule has 1 aromatic carbocycles. The van der Waals surface area contributed by atoms with Gasteiger partial charge in [0.2, 0.25) is 5.91 Å². The molecule has 0 saturated carbocycles. The number of carbonyl (C=O) groups excluding carboxylic acids is 2. The van der Waals surface area contributed by atoms with Gasteiger partial charge in [0, 0.05) is 5.57 Å². The van der Waals surface area contributed by atoms with Crippen LogP contribution in [0.5, 0.6) is 0 Å². The first-order valence-corrected chi connectivity index (χ1v) is 5.34. The Morgan fingerprint density at radius 1 is 1.25 bits per heavy atom. The molecule has 1 aromatic rings. The Morgan fingerprint density at radius 3 is 2.44 bits per heavy atom. The molecule has 3 heteroatoms. The first-order chi connectivity index (χ1) is 7.72. The summed E-state index contributed by atoms with van der Waals surface area (Å²) >= 11 is 0. The maximum absolute atomic E-state index is 11.6.